The van der Waals surface area contributed by atoms with Crippen LogP contribution in [0.3, 0.4) is 0 Å². The first kappa shape index (κ1) is 17.5. The lowest BCUT2D eigenvalue weighted by atomic mass is 9.74. The molecule has 116 valence electrons. The summed E-state index contributed by atoms with van der Waals surface area (Å²) in [6.45, 7) is 4.22. The molecule has 0 spiro atoms. The second-order valence-electron chi connectivity index (χ2n) is 5.65. The van der Waals surface area contributed by atoms with Gasteiger partial charge in [-0.25, -0.2) is 0 Å². The second kappa shape index (κ2) is 8.09. The van der Waals surface area contributed by atoms with Gasteiger partial charge in [-0.3, -0.25) is 0 Å². The standard InChI is InChI=1S/C19H20Br2O/c1-2-19(11-12-22,13-15-3-7-17(20)8-4-15)14-16-5-9-18(21)10-6-16/h2-10,22H,1,11-14H2. The average molecular weight is 424 g/mol. The molecule has 0 aliphatic heterocycles. The number of aliphatic hydroxyl groups is 1. The zero-order chi connectivity index (χ0) is 16.0. The highest BCUT2D eigenvalue weighted by Gasteiger charge is 2.27. The molecular weight excluding hydrogens is 404 g/mol. The van der Waals surface area contributed by atoms with E-state index in [1.54, 1.807) is 0 Å². The zero-order valence-corrected chi connectivity index (χ0v) is 15.6. The number of rotatable bonds is 7. The number of allylic oxidation sites excluding steroid dienone is 1. The minimum absolute atomic E-state index is 0.129. The smallest absolute Gasteiger partial charge is 0.0439 e. The minimum atomic E-state index is -0.129. The van der Waals surface area contributed by atoms with E-state index >= 15 is 0 Å². The van der Waals surface area contributed by atoms with Crippen LogP contribution in [0.5, 0.6) is 0 Å². The quantitative estimate of drug-likeness (QED) is 0.578. The van der Waals surface area contributed by atoms with Crippen LogP contribution in [-0.2, 0) is 12.8 Å². The van der Waals surface area contributed by atoms with Gasteiger partial charge in [0.1, 0.15) is 0 Å². The Hall–Kier alpha value is -0.900. The summed E-state index contributed by atoms with van der Waals surface area (Å²) in [6.07, 6.45) is 4.47. The van der Waals surface area contributed by atoms with Crippen molar-refractivity contribution in [1.82, 2.24) is 0 Å². The zero-order valence-electron chi connectivity index (χ0n) is 12.4. The monoisotopic (exact) mass is 422 g/mol. The van der Waals surface area contributed by atoms with Crippen molar-refractivity contribution in [2.75, 3.05) is 6.61 Å². The third-order valence-corrected chi connectivity index (χ3v) is 5.04. The molecule has 0 heterocycles. The summed E-state index contributed by atoms with van der Waals surface area (Å²) in [5.41, 5.74) is 2.39. The number of hydrogen-bond donors (Lipinski definition) is 1. The summed E-state index contributed by atoms with van der Waals surface area (Å²) < 4.78 is 2.16. The summed E-state index contributed by atoms with van der Waals surface area (Å²) in [4.78, 5) is 0. The molecule has 1 nitrogen and oxygen atoms in total. The highest BCUT2D eigenvalue weighted by molar-refractivity contribution is 9.10. The first-order valence-electron chi connectivity index (χ1n) is 7.30. The van der Waals surface area contributed by atoms with Crippen molar-refractivity contribution in [2.45, 2.75) is 19.3 Å². The molecule has 3 heteroatoms. The molecule has 0 aromatic heterocycles. The van der Waals surface area contributed by atoms with E-state index in [0.29, 0.717) is 6.42 Å². The lowest BCUT2D eigenvalue weighted by molar-refractivity contribution is 0.217. The first-order chi connectivity index (χ1) is 10.6. The van der Waals surface area contributed by atoms with Crippen molar-refractivity contribution in [3.8, 4) is 0 Å². The Labute approximate surface area is 149 Å². The van der Waals surface area contributed by atoms with Gasteiger partial charge in [-0.15, -0.1) is 6.58 Å². The largest absolute Gasteiger partial charge is 0.396 e. The van der Waals surface area contributed by atoms with Crippen LogP contribution in [0.2, 0.25) is 0 Å². The molecule has 22 heavy (non-hydrogen) atoms. The Morgan fingerprint density at radius 2 is 1.27 bits per heavy atom. The normalized spacial score (nSPS) is 11.4. The molecule has 0 atom stereocenters. The fourth-order valence-electron chi connectivity index (χ4n) is 2.73. The van der Waals surface area contributed by atoms with Crippen molar-refractivity contribution in [2.24, 2.45) is 5.41 Å². The van der Waals surface area contributed by atoms with Crippen LogP contribution >= 0.6 is 31.9 Å². The van der Waals surface area contributed by atoms with Crippen molar-refractivity contribution in [1.29, 1.82) is 0 Å². The lowest BCUT2D eigenvalue weighted by Gasteiger charge is -2.30. The fourth-order valence-corrected chi connectivity index (χ4v) is 3.25. The van der Waals surface area contributed by atoms with Gasteiger partial charge in [0.2, 0.25) is 0 Å². The summed E-state index contributed by atoms with van der Waals surface area (Å²) >= 11 is 6.94. The van der Waals surface area contributed by atoms with Gasteiger partial charge in [0.05, 0.1) is 0 Å². The van der Waals surface area contributed by atoms with Crippen molar-refractivity contribution in [3.63, 3.8) is 0 Å². The molecule has 2 aromatic carbocycles. The maximum atomic E-state index is 9.51. The number of halogens is 2. The van der Waals surface area contributed by atoms with E-state index in [1.165, 1.54) is 11.1 Å². The molecule has 0 aliphatic rings. The fraction of sp³-hybridized carbons (Fsp3) is 0.263. The van der Waals surface area contributed by atoms with Crippen LogP contribution in [0.15, 0.2) is 70.1 Å². The predicted molar refractivity (Wildman–Crippen MR) is 100 cm³/mol. The van der Waals surface area contributed by atoms with E-state index in [2.05, 4.69) is 87.0 Å². The summed E-state index contributed by atoms with van der Waals surface area (Å²) in [6, 6.07) is 16.7. The Bertz CT molecular complexity index is 555. The molecular formula is C19H20Br2O. The summed E-state index contributed by atoms with van der Waals surface area (Å²) in [7, 11) is 0. The minimum Gasteiger partial charge on any atom is -0.396 e. The van der Waals surface area contributed by atoms with E-state index in [0.717, 1.165) is 21.8 Å². The molecule has 0 radical (unpaired) electrons. The molecule has 0 fully saturated rings. The van der Waals surface area contributed by atoms with Gasteiger partial charge >= 0.3 is 0 Å². The van der Waals surface area contributed by atoms with E-state index in [-0.39, 0.29) is 12.0 Å². The molecule has 0 saturated carbocycles. The Morgan fingerprint density at radius 3 is 1.59 bits per heavy atom. The van der Waals surface area contributed by atoms with Crippen LogP contribution in [0.25, 0.3) is 0 Å². The van der Waals surface area contributed by atoms with Gasteiger partial charge in [-0.1, -0.05) is 62.2 Å². The molecule has 0 amide bonds. The predicted octanol–water partition coefficient (Wildman–Crippen LogP) is 5.55. The van der Waals surface area contributed by atoms with Crippen molar-refractivity contribution in [3.05, 3.63) is 81.3 Å². The van der Waals surface area contributed by atoms with Gasteiger partial charge in [0.25, 0.3) is 0 Å². The van der Waals surface area contributed by atoms with E-state index in [9.17, 15) is 5.11 Å². The van der Waals surface area contributed by atoms with E-state index in [4.69, 9.17) is 0 Å². The Morgan fingerprint density at radius 1 is 0.864 bits per heavy atom. The van der Waals surface area contributed by atoms with Gasteiger partial charge in [-0.05, 0) is 60.1 Å². The molecule has 2 rings (SSSR count). The molecule has 1 N–H and O–H groups in total. The maximum absolute atomic E-state index is 9.51. The average Bonchev–Trinajstić information content (AvgIpc) is 2.52. The van der Waals surface area contributed by atoms with Gasteiger partial charge < -0.3 is 5.11 Å². The van der Waals surface area contributed by atoms with Crippen molar-refractivity contribution >= 4 is 31.9 Å². The van der Waals surface area contributed by atoms with Crippen LogP contribution in [0.4, 0.5) is 0 Å². The highest BCUT2D eigenvalue weighted by Crippen LogP contribution is 2.33. The van der Waals surface area contributed by atoms with Crippen LogP contribution in [0, 0.1) is 5.41 Å². The molecule has 0 saturated heterocycles. The molecule has 0 bridgehead atoms. The third kappa shape index (κ3) is 4.80. The van der Waals surface area contributed by atoms with Crippen molar-refractivity contribution < 1.29 is 5.11 Å². The molecule has 2 aromatic rings. The van der Waals surface area contributed by atoms with Crippen LogP contribution in [0.1, 0.15) is 17.5 Å². The number of benzene rings is 2. The van der Waals surface area contributed by atoms with Gasteiger partial charge in [0.15, 0.2) is 0 Å². The second-order valence-corrected chi connectivity index (χ2v) is 7.48. The lowest BCUT2D eigenvalue weighted by Crippen LogP contribution is -2.25. The van der Waals surface area contributed by atoms with Crippen LogP contribution in [-0.4, -0.2) is 11.7 Å². The van der Waals surface area contributed by atoms with E-state index in [1.807, 2.05) is 6.08 Å². The van der Waals surface area contributed by atoms with Gasteiger partial charge in [-0.2, -0.15) is 0 Å². The van der Waals surface area contributed by atoms with E-state index < -0.39 is 0 Å². The first-order valence-corrected chi connectivity index (χ1v) is 8.89. The third-order valence-electron chi connectivity index (χ3n) is 3.98. The summed E-state index contributed by atoms with van der Waals surface area (Å²) in [5.74, 6) is 0. The topological polar surface area (TPSA) is 20.2 Å². The molecule has 0 aliphatic carbocycles. The Kier molecular flexibility index (Phi) is 6.42. The maximum Gasteiger partial charge on any atom is 0.0439 e. The molecule has 0 unspecified atom stereocenters. The summed E-state index contributed by atoms with van der Waals surface area (Å²) in [5, 5.41) is 9.51. The number of hydrogen-bond acceptors (Lipinski definition) is 1. The van der Waals surface area contributed by atoms with Gasteiger partial charge in [0, 0.05) is 15.6 Å². The Balaban J connectivity index is 2.24. The number of aliphatic hydroxyl groups excluding tert-OH is 1. The SMILES string of the molecule is C=CC(CCO)(Cc1ccc(Br)cc1)Cc1ccc(Br)cc1. The van der Waals surface area contributed by atoms with Crippen LogP contribution < -0.4 is 0 Å². The highest BCUT2D eigenvalue weighted by atomic mass is 79.9.